The van der Waals surface area contributed by atoms with Crippen LogP contribution in [0.25, 0.3) is 10.8 Å². The van der Waals surface area contributed by atoms with E-state index in [2.05, 4.69) is 20.5 Å². The number of rotatable bonds is 8. The molecule has 2 aliphatic heterocycles. The lowest BCUT2D eigenvalue weighted by Gasteiger charge is -2.31. The summed E-state index contributed by atoms with van der Waals surface area (Å²) < 4.78 is 13.7. The van der Waals surface area contributed by atoms with Gasteiger partial charge in [0.25, 0.3) is 5.91 Å². The van der Waals surface area contributed by atoms with Crippen molar-refractivity contribution in [1.29, 1.82) is 0 Å². The Kier molecular flexibility index (Phi) is 7.00. The normalized spacial score (nSPS) is 20.6. The molecule has 2 saturated heterocycles. The van der Waals surface area contributed by atoms with E-state index in [1.807, 2.05) is 57.2 Å². The molecular weight excluding hydrogens is 470 g/mol. The van der Waals surface area contributed by atoms with Crippen molar-refractivity contribution < 1.29 is 14.3 Å². The number of aromatic nitrogens is 2. The first-order valence-electron chi connectivity index (χ1n) is 12.9. The van der Waals surface area contributed by atoms with Gasteiger partial charge in [0, 0.05) is 48.6 Å². The van der Waals surface area contributed by atoms with Crippen LogP contribution in [0, 0.1) is 4.91 Å². The van der Waals surface area contributed by atoms with Crippen LogP contribution in [0.15, 0.2) is 47.6 Å². The molecule has 1 amide bonds. The van der Waals surface area contributed by atoms with Crippen LogP contribution in [0.1, 0.15) is 51.0 Å². The molecular formula is C28H35N5O4. The molecule has 3 heterocycles. The zero-order valence-electron chi connectivity index (χ0n) is 21.9. The quantitative estimate of drug-likeness (QED) is 0.451. The van der Waals surface area contributed by atoms with Gasteiger partial charge in [0.1, 0.15) is 12.4 Å². The molecule has 9 heteroatoms. The highest BCUT2D eigenvalue weighted by molar-refractivity contribution is 6.05. The molecule has 5 rings (SSSR count). The lowest BCUT2D eigenvalue weighted by atomic mass is 9.92. The van der Waals surface area contributed by atoms with Gasteiger partial charge in [-0.05, 0) is 36.2 Å². The third-order valence-corrected chi connectivity index (χ3v) is 7.24. The second kappa shape index (κ2) is 10.2. The van der Waals surface area contributed by atoms with Crippen molar-refractivity contribution in [3.8, 4) is 5.75 Å². The number of amides is 1. The fraction of sp³-hybridized carbons (Fsp3) is 0.500. The van der Waals surface area contributed by atoms with Crippen molar-refractivity contribution in [3.05, 3.63) is 58.8 Å². The number of nitrogens with zero attached hydrogens (tertiary/aromatic N) is 4. The second-order valence-corrected chi connectivity index (χ2v) is 11.0. The maximum absolute atomic E-state index is 13.2. The highest BCUT2D eigenvalue weighted by Gasteiger charge is 2.33. The Morgan fingerprint density at radius 3 is 2.51 bits per heavy atom. The number of hydrogen-bond donors (Lipinski definition) is 1. The summed E-state index contributed by atoms with van der Waals surface area (Å²) in [6.07, 6.45) is 3.02. The minimum atomic E-state index is -1.22. The van der Waals surface area contributed by atoms with Crippen LogP contribution < -0.4 is 10.1 Å². The average molecular weight is 506 g/mol. The third kappa shape index (κ3) is 5.38. The van der Waals surface area contributed by atoms with E-state index in [9.17, 15) is 9.70 Å². The Morgan fingerprint density at radius 2 is 1.86 bits per heavy atom. The van der Waals surface area contributed by atoms with E-state index >= 15 is 0 Å². The Bertz CT molecular complexity index is 1290. The van der Waals surface area contributed by atoms with Gasteiger partial charge in [0.2, 0.25) is 6.04 Å². The standard InChI is InChI=1S/C28H35N5O4/c1-28(2,3)25-15-23(32(4)30-25)26(31-35)27(34)29-22-11-12-24(21-8-6-5-7-20(21)22)36-14-13-33-16-18-9-10-19(17-33)37-18/h5-8,11-12,15,18-19,26H,9-10,13-14,16-17H2,1-4H3,(H,29,34). The Hall–Kier alpha value is -3.30. The largest absolute Gasteiger partial charge is 0.492 e. The number of nitroso groups, excluding NO2 is 1. The van der Waals surface area contributed by atoms with E-state index < -0.39 is 11.9 Å². The predicted molar refractivity (Wildman–Crippen MR) is 143 cm³/mol. The van der Waals surface area contributed by atoms with Gasteiger partial charge in [-0.2, -0.15) is 5.10 Å². The first kappa shape index (κ1) is 25.4. The first-order chi connectivity index (χ1) is 17.7. The van der Waals surface area contributed by atoms with Gasteiger partial charge in [0.05, 0.1) is 23.6 Å². The fourth-order valence-corrected chi connectivity index (χ4v) is 5.21. The number of anilines is 1. The minimum absolute atomic E-state index is 0.215. The maximum atomic E-state index is 13.2. The topological polar surface area (TPSA) is 98.0 Å². The number of carbonyl (C=O) groups excluding carboxylic acids is 1. The molecule has 3 atom stereocenters. The molecule has 1 N–H and O–H groups in total. The Labute approximate surface area is 217 Å². The van der Waals surface area contributed by atoms with Gasteiger partial charge in [-0.3, -0.25) is 14.4 Å². The number of likely N-dealkylation sites (tertiary alicyclic amines) is 1. The van der Waals surface area contributed by atoms with Gasteiger partial charge in [0.15, 0.2) is 0 Å². The first-order valence-corrected chi connectivity index (χ1v) is 12.9. The van der Waals surface area contributed by atoms with Crippen LogP contribution in [0.3, 0.4) is 0 Å². The predicted octanol–water partition coefficient (Wildman–Crippen LogP) is 4.56. The zero-order valence-corrected chi connectivity index (χ0v) is 21.9. The summed E-state index contributed by atoms with van der Waals surface area (Å²) in [5.41, 5.74) is 1.64. The molecule has 0 saturated carbocycles. The van der Waals surface area contributed by atoms with Crippen molar-refractivity contribution in [1.82, 2.24) is 14.7 Å². The summed E-state index contributed by atoms with van der Waals surface area (Å²) in [4.78, 5) is 27.4. The van der Waals surface area contributed by atoms with E-state index in [4.69, 9.17) is 9.47 Å². The number of carbonyl (C=O) groups is 1. The molecule has 9 nitrogen and oxygen atoms in total. The molecule has 3 aromatic rings. The van der Waals surface area contributed by atoms with Crippen molar-refractivity contribution in [2.45, 2.75) is 57.3 Å². The molecule has 0 radical (unpaired) electrons. The van der Waals surface area contributed by atoms with E-state index in [1.54, 1.807) is 17.8 Å². The van der Waals surface area contributed by atoms with E-state index in [0.717, 1.165) is 54.7 Å². The summed E-state index contributed by atoms with van der Waals surface area (Å²) in [5.74, 6) is 0.260. The minimum Gasteiger partial charge on any atom is -0.492 e. The molecule has 2 aliphatic rings. The molecule has 3 unspecified atom stereocenters. The second-order valence-electron chi connectivity index (χ2n) is 11.0. The van der Waals surface area contributed by atoms with Crippen LogP contribution in [0.4, 0.5) is 5.69 Å². The molecule has 2 aromatic carbocycles. The Balaban J connectivity index is 1.30. The highest BCUT2D eigenvalue weighted by Crippen LogP contribution is 2.33. The summed E-state index contributed by atoms with van der Waals surface area (Å²) >= 11 is 0. The lowest BCUT2D eigenvalue weighted by molar-refractivity contribution is -0.117. The highest BCUT2D eigenvalue weighted by atomic mass is 16.5. The van der Waals surface area contributed by atoms with E-state index in [0.29, 0.717) is 30.2 Å². The van der Waals surface area contributed by atoms with Gasteiger partial charge in [-0.25, -0.2) is 0 Å². The van der Waals surface area contributed by atoms with Gasteiger partial charge in [-0.15, -0.1) is 4.91 Å². The summed E-state index contributed by atoms with van der Waals surface area (Å²) in [6.45, 7) is 9.44. The lowest BCUT2D eigenvalue weighted by Crippen LogP contribution is -2.44. The van der Waals surface area contributed by atoms with Crippen LogP contribution >= 0.6 is 0 Å². The molecule has 1 aromatic heterocycles. The average Bonchev–Trinajstić information content (AvgIpc) is 3.42. The van der Waals surface area contributed by atoms with Crippen molar-refractivity contribution in [2.24, 2.45) is 12.2 Å². The third-order valence-electron chi connectivity index (χ3n) is 7.24. The van der Waals surface area contributed by atoms with Crippen LogP contribution in [-0.4, -0.2) is 59.0 Å². The number of nitrogens with one attached hydrogen (secondary N) is 1. The van der Waals surface area contributed by atoms with Gasteiger partial charge in [-0.1, -0.05) is 45.0 Å². The smallest absolute Gasteiger partial charge is 0.259 e. The van der Waals surface area contributed by atoms with Crippen LogP contribution in [-0.2, 0) is 22.0 Å². The fourth-order valence-electron chi connectivity index (χ4n) is 5.21. The maximum Gasteiger partial charge on any atom is 0.259 e. The van der Waals surface area contributed by atoms with E-state index in [-0.39, 0.29) is 5.41 Å². The molecule has 0 aliphatic carbocycles. The van der Waals surface area contributed by atoms with Gasteiger partial charge < -0.3 is 14.8 Å². The van der Waals surface area contributed by atoms with Crippen LogP contribution in [0.5, 0.6) is 5.75 Å². The number of benzene rings is 2. The summed E-state index contributed by atoms with van der Waals surface area (Å²) in [6, 6.07) is 12.0. The number of fused-ring (bicyclic) bond motifs is 3. The molecule has 2 fully saturated rings. The van der Waals surface area contributed by atoms with Gasteiger partial charge >= 0.3 is 0 Å². The number of aryl methyl sites for hydroxylation is 1. The number of hydrogen-bond acceptors (Lipinski definition) is 7. The monoisotopic (exact) mass is 505 g/mol. The molecule has 2 bridgehead atoms. The zero-order chi connectivity index (χ0) is 26.2. The van der Waals surface area contributed by atoms with Crippen LogP contribution in [0.2, 0.25) is 0 Å². The summed E-state index contributed by atoms with van der Waals surface area (Å²) in [5, 5.41) is 12.3. The van der Waals surface area contributed by atoms with Crippen molar-refractivity contribution in [3.63, 3.8) is 0 Å². The SMILES string of the molecule is Cn1nc(C(C)(C)C)cc1C(N=O)C(=O)Nc1ccc(OCCN2CC3CCC(C2)O3)c2ccccc12. The number of ether oxygens (including phenoxy) is 2. The molecule has 37 heavy (non-hydrogen) atoms. The molecule has 0 spiro atoms. The number of morpholine rings is 1. The molecule has 196 valence electrons. The Morgan fingerprint density at radius 1 is 1.16 bits per heavy atom. The summed E-state index contributed by atoms with van der Waals surface area (Å²) in [7, 11) is 1.72. The van der Waals surface area contributed by atoms with Crippen molar-refractivity contribution in [2.75, 3.05) is 31.6 Å². The van der Waals surface area contributed by atoms with E-state index in [1.165, 1.54) is 0 Å². The van der Waals surface area contributed by atoms with Crippen molar-refractivity contribution >= 4 is 22.4 Å².